The summed E-state index contributed by atoms with van der Waals surface area (Å²) in [6.45, 7) is 7.75. The van der Waals surface area contributed by atoms with E-state index in [-0.39, 0.29) is 5.41 Å². The smallest absolute Gasteiger partial charge is 0.0678 e. The van der Waals surface area contributed by atoms with E-state index in [4.69, 9.17) is 4.74 Å². The molecule has 0 aromatic heterocycles. The van der Waals surface area contributed by atoms with Gasteiger partial charge < -0.3 is 9.84 Å². The molecule has 0 spiro atoms. The lowest BCUT2D eigenvalue weighted by atomic mass is 9.74. The van der Waals surface area contributed by atoms with Crippen LogP contribution in [-0.4, -0.2) is 48.5 Å². The Kier molecular flexibility index (Phi) is 4.45. The second kappa shape index (κ2) is 5.68. The molecule has 100 valence electrons. The van der Waals surface area contributed by atoms with E-state index in [2.05, 4.69) is 18.7 Å². The van der Waals surface area contributed by atoms with Crippen molar-refractivity contribution in [3.05, 3.63) is 0 Å². The zero-order valence-electron chi connectivity index (χ0n) is 11.3. The molecule has 0 aromatic carbocycles. The lowest BCUT2D eigenvalue weighted by Crippen LogP contribution is -2.50. The molecule has 0 amide bonds. The van der Waals surface area contributed by atoms with Gasteiger partial charge in [0.25, 0.3) is 0 Å². The van der Waals surface area contributed by atoms with Crippen LogP contribution < -0.4 is 0 Å². The minimum Gasteiger partial charge on any atom is -0.396 e. The Morgan fingerprint density at radius 3 is 2.24 bits per heavy atom. The van der Waals surface area contributed by atoms with Crippen LogP contribution in [0.1, 0.15) is 46.0 Å². The fourth-order valence-electron chi connectivity index (χ4n) is 3.56. The fraction of sp³-hybridized carbons (Fsp3) is 1.00. The third kappa shape index (κ3) is 3.43. The van der Waals surface area contributed by atoms with E-state index in [1.165, 1.54) is 32.1 Å². The van der Waals surface area contributed by atoms with Crippen LogP contribution in [-0.2, 0) is 4.74 Å². The van der Waals surface area contributed by atoms with Crippen LogP contribution >= 0.6 is 0 Å². The highest BCUT2D eigenvalue weighted by Gasteiger charge is 2.35. The van der Waals surface area contributed by atoms with Gasteiger partial charge in [-0.2, -0.15) is 0 Å². The molecule has 1 N–H and O–H groups in total. The minimum absolute atomic E-state index is 0.176. The first-order valence-electron chi connectivity index (χ1n) is 7.12. The first-order chi connectivity index (χ1) is 8.13. The topological polar surface area (TPSA) is 32.7 Å². The number of rotatable bonds is 3. The van der Waals surface area contributed by atoms with Crippen molar-refractivity contribution < 1.29 is 9.84 Å². The van der Waals surface area contributed by atoms with Crippen molar-refractivity contribution in [2.45, 2.75) is 58.2 Å². The van der Waals surface area contributed by atoms with Gasteiger partial charge in [0.05, 0.1) is 12.2 Å². The molecule has 0 aromatic rings. The van der Waals surface area contributed by atoms with Gasteiger partial charge >= 0.3 is 0 Å². The summed E-state index contributed by atoms with van der Waals surface area (Å²) >= 11 is 0. The van der Waals surface area contributed by atoms with Gasteiger partial charge in [-0.3, -0.25) is 4.90 Å². The van der Waals surface area contributed by atoms with Gasteiger partial charge in [0.1, 0.15) is 0 Å². The van der Waals surface area contributed by atoms with Crippen molar-refractivity contribution in [1.82, 2.24) is 4.90 Å². The summed E-state index contributed by atoms with van der Waals surface area (Å²) in [4.78, 5) is 2.50. The molecular formula is C14H27NO2. The molecule has 0 radical (unpaired) electrons. The Hall–Kier alpha value is -0.120. The van der Waals surface area contributed by atoms with E-state index < -0.39 is 0 Å². The van der Waals surface area contributed by atoms with Crippen molar-refractivity contribution in [1.29, 1.82) is 0 Å². The van der Waals surface area contributed by atoms with Crippen molar-refractivity contribution in [2.24, 2.45) is 5.41 Å². The zero-order valence-corrected chi connectivity index (χ0v) is 11.3. The second-order valence-electron chi connectivity index (χ2n) is 6.17. The largest absolute Gasteiger partial charge is 0.396 e. The van der Waals surface area contributed by atoms with Gasteiger partial charge in [-0.25, -0.2) is 0 Å². The maximum absolute atomic E-state index is 9.75. The van der Waals surface area contributed by atoms with Crippen LogP contribution in [0.5, 0.6) is 0 Å². The molecule has 0 bridgehead atoms. The Balaban J connectivity index is 1.93. The van der Waals surface area contributed by atoms with Crippen molar-refractivity contribution in [3.63, 3.8) is 0 Å². The maximum Gasteiger partial charge on any atom is 0.0678 e. The first-order valence-corrected chi connectivity index (χ1v) is 7.12. The summed E-state index contributed by atoms with van der Waals surface area (Å²) in [5, 5.41) is 9.75. The average Bonchev–Trinajstić information content (AvgIpc) is 2.29. The predicted molar refractivity (Wildman–Crippen MR) is 69.1 cm³/mol. The summed E-state index contributed by atoms with van der Waals surface area (Å²) in [6.07, 6.45) is 6.98. The first kappa shape index (κ1) is 13.3. The van der Waals surface area contributed by atoms with E-state index in [9.17, 15) is 5.11 Å². The number of aliphatic hydroxyl groups is 1. The molecule has 17 heavy (non-hydrogen) atoms. The van der Waals surface area contributed by atoms with Crippen LogP contribution in [0, 0.1) is 5.41 Å². The van der Waals surface area contributed by atoms with Crippen molar-refractivity contribution >= 4 is 0 Å². The molecule has 1 aliphatic heterocycles. The van der Waals surface area contributed by atoms with Gasteiger partial charge in [-0.1, -0.05) is 19.3 Å². The second-order valence-corrected chi connectivity index (χ2v) is 6.17. The molecule has 1 saturated carbocycles. The number of hydrogen-bond donors (Lipinski definition) is 1. The van der Waals surface area contributed by atoms with Crippen molar-refractivity contribution in [2.75, 3.05) is 26.2 Å². The van der Waals surface area contributed by atoms with Crippen LogP contribution in [0.3, 0.4) is 0 Å². The number of aliphatic hydroxyl groups excluding tert-OH is 1. The zero-order chi connectivity index (χ0) is 12.3. The molecule has 2 rings (SSSR count). The normalized spacial score (nSPS) is 34.8. The third-order valence-electron chi connectivity index (χ3n) is 4.30. The van der Waals surface area contributed by atoms with E-state index in [0.717, 1.165) is 19.6 Å². The Morgan fingerprint density at radius 2 is 1.71 bits per heavy atom. The Labute approximate surface area is 105 Å². The molecule has 2 unspecified atom stereocenters. The third-order valence-corrected chi connectivity index (χ3v) is 4.30. The van der Waals surface area contributed by atoms with Crippen LogP contribution in [0.25, 0.3) is 0 Å². The molecule has 2 atom stereocenters. The fourth-order valence-corrected chi connectivity index (χ4v) is 3.56. The summed E-state index contributed by atoms with van der Waals surface area (Å²) in [5.74, 6) is 0. The predicted octanol–water partition coefficient (Wildman–Crippen LogP) is 2.04. The highest BCUT2D eigenvalue weighted by molar-refractivity contribution is 4.87. The molecule has 1 saturated heterocycles. The van der Waals surface area contributed by atoms with Gasteiger partial charge in [0, 0.05) is 31.7 Å². The van der Waals surface area contributed by atoms with Crippen LogP contribution in [0.4, 0.5) is 0 Å². The number of hydrogen-bond acceptors (Lipinski definition) is 3. The molecular weight excluding hydrogens is 214 g/mol. The van der Waals surface area contributed by atoms with Crippen LogP contribution in [0.2, 0.25) is 0 Å². The van der Waals surface area contributed by atoms with Gasteiger partial charge in [-0.05, 0) is 26.7 Å². The lowest BCUT2D eigenvalue weighted by molar-refractivity contribution is -0.0853. The highest BCUT2D eigenvalue weighted by atomic mass is 16.5. The number of morpholine rings is 1. The summed E-state index contributed by atoms with van der Waals surface area (Å²) in [5.41, 5.74) is 0.176. The standard InChI is InChI=1S/C14H27NO2/c1-12-8-15(9-13(2)17-12)10-14(11-16)6-4-3-5-7-14/h12-13,16H,3-11H2,1-2H3. The van der Waals surface area contributed by atoms with Gasteiger partial charge in [0.15, 0.2) is 0 Å². The summed E-state index contributed by atoms with van der Waals surface area (Å²) < 4.78 is 5.77. The van der Waals surface area contributed by atoms with E-state index >= 15 is 0 Å². The van der Waals surface area contributed by atoms with Crippen LogP contribution in [0.15, 0.2) is 0 Å². The Morgan fingerprint density at radius 1 is 1.12 bits per heavy atom. The molecule has 3 nitrogen and oxygen atoms in total. The van der Waals surface area contributed by atoms with E-state index in [1.807, 2.05) is 0 Å². The van der Waals surface area contributed by atoms with Gasteiger partial charge in [-0.15, -0.1) is 0 Å². The summed E-state index contributed by atoms with van der Waals surface area (Å²) in [6, 6.07) is 0. The number of nitrogens with zero attached hydrogens (tertiary/aromatic N) is 1. The molecule has 3 heteroatoms. The molecule has 2 aliphatic rings. The van der Waals surface area contributed by atoms with E-state index in [1.54, 1.807) is 0 Å². The average molecular weight is 241 g/mol. The SMILES string of the molecule is CC1CN(CC2(CO)CCCCC2)CC(C)O1. The monoisotopic (exact) mass is 241 g/mol. The Bertz CT molecular complexity index is 228. The maximum atomic E-state index is 9.75. The minimum atomic E-state index is 0.176. The quantitative estimate of drug-likeness (QED) is 0.821. The van der Waals surface area contributed by atoms with Crippen molar-refractivity contribution in [3.8, 4) is 0 Å². The number of ether oxygens (including phenoxy) is 1. The molecule has 1 heterocycles. The molecule has 2 fully saturated rings. The summed E-state index contributed by atoms with van der Waals surface area (Å²) in [7, 11) is 0. The lowest BCUT2D eigenvalue weighted by Gasteiger charge is -2.43. The van der Waals surface area contributed by atoms with E-state index in [0.29, 0.717) is 18.8 Å². The molecule has 1 aliphatic carbocycles. The van der Waals surface area contributed by atoms with Gasteiger partial charge in [0.2, 0.25) is 0 Å². The highest BCUT2D eigenvalue weighted by Crippen LogP contribution is 2.37.